The van der Waals surface area contributed by atoms with Gasteiger partial charge in [-0.1, -0.05) is 70.9 Å². The molecule has 3 rings (SSSR count). The van der Waals surface area contributed by atoms with Gasteiger partial charge in [0, 0.05) is 18.0 Å². The molecule has 0 spiro atoms. The third-order valence-corrected chi connectivity index (χ3v) is 6.17. The van der Waals surface area contributed by atoms with Crippen LogP contribution in [0.25, 0.3) is 5.69 Å². The van der Waals surface area contributed by atoms with Crippen LogP contribution in [0, 0.1) is 6.92 Å². The van der Waals surface area contributed by atoms with Crippen LogP contribution in [0.15, 0.2) is 54.6 Å². The van der Waals surface area contributed by atoms with E-state index in [1.165, 1.54) is 0 Å². The van der Waals surface area contributed by atoms with Gasteiger partial charge in [-0.05, 0) is 44.0 Å². The lowest BCUT2D eigenvalue weighted by molar-refractivity contribution is -0.116. The first-order valence-electron chi connectivity index (χ1n) is 13.4. The molecule has 204 valence electrons. The summed E-state index contributed by atoms with van der Waals surface area (Å²) in [5.74, 6) is 0.882. The number of carbonyl (C=O) groups is 2. The summed E-state index contributed by atoms with van der Waals surface area (Å²) in [6.07, 6.45) is 2.79. The molecule has 0 aliphatic carbocycles. The Kier molecular flexibility index (Phi) is 9.93. The maximum absolute atomic E-state index is 13.3. The van der Waals surface area contributed by atoms with Crippen LogP contribution >= 0.6 is 0 Å². The normalized spacial score (nSPS) is 11.2. The number of unbranched alkanes of at least 4 members (excludes halogenated alkanes) is 2. The molecule has 0 aliphatic heterocycles. The molecule has 8 nitrogen and oxygen atoms in total. The first-order chi connectivity index (χ1) is 18.1. The van der Waals surface area contributed by atoms with E-state index < -0.39 is 0 Å². The van der Waals surface area contributed by atoms with Crippen LogP contribution in [-0.2, 0) is 10.2 Å². The summed E-state index contributed by atoms with van der Waals surface area (Å²) in [6.45, 7) is 13.1. The topological polar surface area (TPSA) is 88.5 Å². The van der Waals surface area contributed by atoms with Gasteiger partial charge in [0.15, 0.2) is 0 Å². The summed E-state index contributed by atoms with van der Waals surface area (Å²) < 4.78 is 7.42. The monoisotopic (exact) mass is 519 g/mol. The van der Waals surface area contributed by atoms with Gasteiger partial charge in [-0.2, -0.15) is 5.10 Å². The number of amides is 3. The number of anilines is 2. The van der Waals surface area contributed by atoms with E-state index in [9.17, 15) is 9.59 Å². The minimum atomic E-state index is -0.341. The molecule has 0 unspecified atom stereocenters. The fraction of sp³-hybridized carbons (Fsp3) is 0.433. The Balaban J connectivity index is 1.82. The number of para-hydroxylation sites is 3. The smallest absolute Gasteiger partial charge is 0.322 e. The molecule has 3 amide bonds. The number of aromatic nitrogens is 2. The number of urea groups is 1. The standard InChI is InChI=1S/C30H41N5O3/c1-7-9-14-19-34(29(37)31-23-16-11-13-18-25(23)38-8-2)21-28(36)32-27-20-26(30(4,5)6)33-35(27)24-17-12-10-15-22(24)3/h10-13,15-18,20H,7-9,14,19,21H2,1-6H3,(H,31,37)(H,32,36). The van der Waals surface area contributed by atoms with Crippen LogP contribution in [0.1, 0.15) is 65.1 Å². The number of nitrogens with one attached hydrogen (secondary N) is 2. The van der Waals surface area contributed by atoms with E-state index in [1.807, 2.05) is 62.4 Å². The summed E-state index contributed by atoms with van der Waals surface area (Å²) >= 11 is 0. The minimum absolute atomic E-state index is 0.0872. The number of benzene rings is 2. The molecule has 2 aromatic carbocycles. The highest BCUT2D eigenvalue weighted by atomic mass is 16.5. The highest BCUT2D eigenvalue weighted by Crippen LogP contribution is 2.28. The van der Waals surface area contributed by atoms with Crippen molar-refractivity contribution >= 4 is 23.4 Å². The molecular formula is C30H41N5O3. The number of aryl methyl sites for hydroxylation is 1. The van der Waals surface area contributed by atoms with Gasteiger partial charge in [-0.25, -0.2) is 9.48 Å². The summed E-state index contributed by atoms with van der Waals surface area (Å²) in [5, 5.41) is 10.8. The van der Waals surface area contributed by atoms with Crippen molar-refractivity contribution in [1.29, 1.82) is 0 Å². The number of ether oxygens (including phenoxy) is 1. The zero-order chi connectivity index (χ0) is 27.7. The second-order valence-electron chi connectivity index (χ2n) is 10.4. The summed E-state index contributed by atoms with van der Waals surface area (Å²) in [7, 11) is 0. The van der Waals surface area contributed by atoms with Crippen LogP contribution in [0.3, 0.4) is 0 Å². The Morgan fingerprint density at radius 3 is 2.39 bits per heavy atom. The van der Waals surface area contributed by atoms with Gasteiger partial charge in [-0.15, -0.1) is 0 Å². The van der Waals surface area contributed by atoms with Crippen molar-refractivity contribution in [3.8, 4) is 11.4 Å². The highest BCUT2D eigenvalue weighted by molar-refractivity contribution is 5.97. The van der Waals surface area contributed by atoms with Gasteiger partial charge in [0.1, 0.15) is 18.1 Å². The summed E-state index contributed by atoms with van der Waals surface area (Å²) in [5.41, 5.74) is 3.17. The third-order valence-electron chi connectivity index (χ3n) is 6.17. The Labute approximate surface area is 226 Å². The zero-order valence-corrected chi connectivity index (χ0v) is 23.5. The predicted octanol–water partition coefficient (Wildman–Crippen LogP) is 6.54. The minimum Gasteiger partial charge on any atom is -0.492 e. The molecule has 2 N–H and O–H groups in total. The Morgan fingerprint density at radius 2 is 1.71 bits per heavy atom. The molecule has 38 heavy (non-hydrogen) atoms. The van der Waals surface area contributed by atoms with Crippen molar-refractivity contribution in [2.75, 3.05) is 30.3 Å². The average Bonchev–Trinajstić information content (AvgIpc) is 3.29. The first kappa shape index (κ1) is 28.8. The number of carbonyl (C=O) groups excluding carboxylic acids is 2. The van der Waals surface area contributed by atoms with Crippen molar-refractivity contribution in [2.45, 2.75) is 66.2 Å². The Bertz CT molecular complexity index is 1230. The van der Waals surface area contributed by atoms with Crippen LogP contribution in [0.5, 0.6) is 5.75 Å². The van der Waals surface area contributed by atoms with Gasteiger partial charge in [0.05, 0.1) is 23.7 Å². The van der Waals surface area contributed by atoms with Gasteiger partial charge >= 0.3 is 6.03 Å². The van der Waals surface area contributed by atoms with Crippen molar-refractivity contribution < 1.29 is 14.3 Å². The largest absolute Gasteiger partial charge is 0.492 e. The van der Waals surface area contributed by atoms with Gasteiger partial charge < -0.3 is 20.3 Å². The van der Waals surface area contributed by atoms with E-state index in [2.05, 4.69) is 38.3 Å². The van der Waals surface area contributed by atoms with Crippen LogP contribution in [0.4, 0.5) is 16.3 Å². The fourth-order valence-electron chi connectivity index (χ4n) is 4.03. The number of rotatable bonds is 11. The number of hydrogen-bond donors (Lipinski definition) is 2. The van der Waals surface area contributed by atoms with Gasteiger partial charge in [0.25, 0.3) is 0 Å². The van der Waals surface area contributed by atoms with E-state index in [4.69, 9.17) is 9.84 Å². The van der Waals surface area contributed by atoms with Gasteiger partial charge in [-0.3, -0.25) is 4.79 Å². The average molecular weight is 520 g/mol. The van der Waals surface area contributed by atoms with Crippen LogP contribution < -0.4 is 15.4 Å². The molecule has 0 atom stereocenters. The molecule has 0 radical (unpaired) electrons. The number of hydrogen-bond acceptors (Lipinski definition) is 4. The van der Waals surface area contributed by atoms with Crippen LogP contribution in [-0.4, -0.2) is 46.3 Å². The van der Waals surface area contributed by atoms with Crippen LogP contribution in [0.2, 0.25) is 0 Å². The highest BCUT2D eigenvalue weighted by Gasteiger charge is 2.24. The predicted molar refractivity (Wildman–Crippen MR) is 153 cm³/mol. The van der Waals surface area contributed by atoms with E-state index in [0.717, 1.165) is 36.2 Å². The lowest BCUT2D eigenvalue weighted by Gasteiger charge is -2.23. The second kappa shape index (κ2) is 13.1. The molecular weight excluding hydrogens is 478 g/mol. The van der Waals surface area contributed by atoms with E-state index in [0.29, 0.717) is 30.4 Å². The van der Waals surface area contributed by atoms with E-state index in [1.54, 1.807) is 15.6 Å². The molecule has 0 saturated heterocycles. The molecule has 1 heterocycles. The fourth-order valence-corrected chi connectivity index (χ4v) is 4.03. The molecule has 0 fully saturated rings. The maximum Gasteiger partial charge on any atom is 0.322 e. The lowest BCUT2D eigenvalue weighted by Crippen LogP contribution is -2.41. The SMILES string of the molecule is CCCCCN(CC(=O)Nc1cc(C(C)(C)C)nn1-c1ccccc1C)C(=O)Nc1ccccc1OCC. The molecule has 0 aliphatic rings. The molecule has 1 aromatic heterocycles. The van der Waals surface area contributed by atoms with Crippen molar-refractivity contribution in [3.05, 3.63) is 65.9 Å². The number of nitrogens with zero attached hydrogens (tertiary/aromatic N) is 3. The lowest BCUT2D eigenvalue weighted by atomic mass is 9.92. The van der Waals surface area contributed by atoms with Crippen molar-refractivity contribution in [3.63, 3.8) is 0 Å². The van der Waals surface area contributed by atoms with Crippen molar-refractivity contribution in [2.24, 2.45) is 0 Å². The first-order valence-corrected chi connectivity index (χ1v) is 13.4. The Hall–Kier alpha value is -3.81. The van der Waals surface area contributed by atoms with E-state index >= 15 is 0 Å². The zero-order valence-electron chi connectivity index (χ0n) is 23.5. The quantitative estimate of drug-likeness (QED) is 0.282. The maximum atomic E-state index is 13.3. The summed E-state index contributed by atoms with van der Waals surface area (Å²) in [4.78, 5) is 28.1. The molecule has 0 saturated carbocycles. The second-order valence-corrected chi connectivity index (χ2v) is 10.4. The third kappa shape index (κ3) is 7.60. The van der Waals surface area contributed by atoms with Crippen molar-refractivity contribution in [1.82, 2.24) is 14.7 Å². The summed E-state index contributed by atoms with van der Waals surface area (Å²) in [6, 6.07) is 16.8. The Morgan fingerprint density at radius 1 is 1.00 bits per heavy atom. The van der Waals surface area contributed by atoms with Gasteiger partial charge in [0.2, 0.25) is 5.91 Å². The molecule has 0 bridgehead atoms. The van der Waals surface area contributed by atoms with E-state index in [-0.39, 0.29) is 23.9 Å². The molecule has 8 heteroatoms. The molecule has 3 aromatic rings.